The summed E-state index contributed by atoms with van der Waals surface area (Å²) < 4.78 is 9.75. The van der Waals surface area contributed by atoms with E-state index in [-0.39, 0.29) is 24.3 Å². The third-order valence-corrected chi connectivity index (χ3v) is 2.22. The van der Waals surface area contributed by atoms with Crippen molar-refractivity contribution in [2.45, 2.75) is 0 Å². The van der Waals surface area contributed by atoms with Gasteiger partial charge in [-0.05, 0) is 24.3 Å². The van der Waals surface area contributed by atoms with Crippen LogP contribution in [0.15, 0.2) is 24.3 Å². The van der Waals surface area contributed by atoms with E-state index in [4.69, 9.17) is 29.9 Å². The summed E-state index contributed by atoms with van der Waals surface area (Å²) in [6.45, 7) is 1.73. The van der Waals surface area contributed by atoms with Crippen molar-refractivity contribution in [3.05, 3.63) is 35.4 Å². The topological polar surface area (TPSA) is 134 Å². The van der Waals surface area contributed by atoms with Crippen LogP contribution in [0.3, 0.4) is 0 Å². The lowest BCUT2D eigenvalue weighted by atomic mass is 10.1. The highest BCUT2D eigenvalue weighted by Crippen LogP contribution is 2.03. The molecule has 0 fully saturated rings. The lowest BCUT2D eigenvalue weighted by molar-refractivity contribution is 0.0222. The number of aliphatic hydroxyl groups excluding tert-OH is 2. The maximum absolute atomic E-state index is 10.3. The monoisotopic (exact) mass is 316 g/mol. The van der Waals surface area contributed by atoms with Crippen LogP contribution in [0.4, 0.5) is 0 Å². The third kappa shape index (κ3) is 9.83. The largest absolute Gasteiger partial charge is 0.478 e. The minimum Gasteiger partial charge on any atom is -0.478 e. The summed E-state index contributed by atoms with van der Waals surface area (Å²) in [7, 11) is 0. The van der Waals surface area contributed by atoms with Crippen LogP contribution < -0.4 is 0 Å². The van der Waals surface area contributed by atoms with Crippen LogP contribution in [0.2, 0.25) is 0 Å². The molecule has 0 amide bonds. The molecule has 1 aromatic rings. The van der Waals surface area contributed by atoms with Crippen molar-refractivity contribution in [1.29, 1.82) is 0 Å². The van der Waals surface area contributed by atoms with E-state index < -0.39 is 11.9 Å². The maximum Gasteiger partial charge on any atom is 0.335 e. The molecule has 1 aromatic carbocycles. The molecule has 8 nitrogen and oxygen atoms in total. The molecule has 0 aliphatic carbocycles. The van der Waals surface area contributed by atoms with Gasteiger partial charge in [-0.15, -0.1) is 0 Å². The molecule has 0 saturated heterocycles. The number of aliphatic hydroxyl groups is 2. The Kier molecular flexibility index (Phi) is 11.6. The summed E-state index contributed by atoms with van der Waals surface area (Å²) in [5.41, 5.74) is 0.167. The van der Waals surface area contributed by atoms with E-state index in [0.717, 1.165) is 0 Å². The Labute approximate surface area is 127 Å². The number of benzene rings is 1. The normalized spacial score (nSPS) is 9.73. The third-order valence-electron chi connectivity index (χ3n) is 2.22. The van der Waals surface area contributed by atoms with Gasteiger partial charge < -0.3 is 29.9 Å². The highest BCUT2D eigenvalue weighted by atomic mass is 16.5. The fraction of sp³-hybridized carbons (Fsp3) is 0.429. The molecule has 22 heavy (non-hydrogen) atoms. The van der Waals surface area contributed by atoms with Crippen molar-refractivity contribution in [1.82, 2.24) is 0 Å². The first-order valence-electron chi connectivity index (χ1n) is 6.46. The van der Waals surface area contributed by atoms with Gasteiger partial charge in [0.25, 0.3) is 0 Å². The smallest absolute Gasteiger partial charge is 0.335 e. The first kappa shape index (κ1) is 20.0. The summed E-state index contributed by atoms with van der Waals surface area (Å²) in [5, 5.41) is 33.5. The summed E-state index contributed by atoms with van der Waals surface area (Å²) in [6, 6.07) is 5.02. The highest BCUT2D eigenvalue weighted by Gasteiger charge is 2.04. The van der Waals surface area contributed by atoms with Crippen molar-refractivity contribution in [3.63, 3.8) is 0 Å². The molecule has 1 rings (SSSR count). The summed E-state index contributed by atoms with van der Waals surface area (Å²) in [6.07, 6.45) is 0. The molecule has 0 radical (unpaired) electrons. The lowest BCUT2D eigenvalue weighted by Crippen LogP contribution is -2.09. The molecule has 8 heteroatoms. The summed E-state index contributed by atoms with van der Waals surface area (Å²) in [4.78, 5) is 20.7. The van der Waals surface area contributed by atoms with Gasteiger partial charge in [0.1, 0.15) is 0 Å². The van der Waals surface area contributed by atoms with Crippen molar-refractivity contribution in [3.8, 4) is 0 Å². The molecule has 0 unspecified atom stereocenters. The molecule has 0 aliphatic rings. The number of carboxylic acid groups (broad SMARTS) is 2. The fourth-order valence-corrected chi connectivity index (χ4v) is 1.21. The van der Waals surface area contributed by atoms with Crippen molar-refractivity contribution in [2.75, 3.05) is 39.6 Å². The van der Waals surface area contributed by atoms with Crippen LogP contribution in [-0.2, 0) is 9.47 Å². The molecule has 0 aromatic heterocycles. The van der Waals surface area contributed by atoms with Gasteiger partial charge in [0.05, 0.1) is 50.8 Å². The number of carboxylic acids is 2. The number of hydrogen-bond acceptors (Lipinski definition) is 6. The molecule has 0 aliphatic heterocycles. The molecule has 0 spiro atoms. The second-order valence-corrected chi connectivity index (χ2v) is 3.86. The molecule has 0 heterocycles. The minimum atomic E-state index is -1.06. The van der Waals surface area contributed by atoms with Gasteiger partial charge in [-0.25, -0.2) is 9.59 Å². The van der Waals surface area contributed by atoms with Gasteiger partial charge in [-0.1, -0.05) is 0 Å². The van der Waals surface area contributed by atoms with Crippen molar-refractivity contribution in [2.24, 2.45) is 0 Å². The van der Waals surface area contributed by atoms with E-state index in [1.54, 1.807) is 0 Å². The van der Waals surface area contributed by atoms with E-state index in [0.29, 0.717) is 26.4 Å². The van der Waals surface area contributed by atoms with Crippen molar-refractivity contribution < 1.29 is 39.5 Å². The molecule has 4 N–H and O–H groups in total. The summed E-state index contributed by atoms with van der Waals surface area (Å²) >= 11 is 0. The molecule has 0 saturated carbocycles. The minimum absolute atomic E-state index is 0.0417. The second-order valence-electron chi connectivity index (χ2n) is 3.86. The van der Waals surface area contributed by atoms with E-state index in [1.807, 2.05) is 0 Å². The number of carbonyl (C=O) groups is 2. The molecule has 0 bridgehead atoms. The van der Waals surface area contributed by atoms with Gasteiger partial charge >= 0.3 is 11.9 Å². The second kappa shape index (κ2) is 12.7. The Morgan fingerprint density at radius 3 is 1.27 bits per heavy atom. The van der Waals surface area contributed by atoms with E-state index >= 15 is 0 Å². The maximum atomic E-state index is 10.3. The van der Waals surface area contributed by atoms with Gasteiger partial charge in [0.2, 0.25) is 0 Å². The zero-order valence-electron chi connectivity index (χ0n) is 12.0. The first-order valence-corrected chi connectivity index (χ1v) is 6.46. The number of ether oxygens (including phenoxy) is 2. The molecular formula is C14H20O8. The predicted molar refractivity (Wildman–Crippen MR) is 76.2 cm³/mol. The van der Waals surface area contributed by atoms with Gasteiger partial charge in [0.15, 0.2) is 0 Å². The average Bonchev–Trinajstić information content (AvgIpc) is 2.51. The van der Waals surface area contributed by atoms with Crippen LogP contribution >= 0.6 is 0 Å². The van der Waals surface area contributed by atoms with Crippen LogP contribution in [0.1, 0.15) is 20.7 Å². The Morgan fingerprint density at radius 1 is 0.727 bits per heavy atom. The zero-order valence-corrected chi connectivity index (χ0v) is 12.0. The number of hydrogen-bond donors (Lipinski definition) is 4. The highest BCUT2D eigenvalue weighted by molar-refractivity contribution is 5.91. The standard InChI is InChI=1S/C8H6O4.C6H14O4/c9-7(10)5-1-2-6(4-3-5)8(11)12;7-1-3-9-5-6-10-4-2-8/h1-4H,(H,9,10)(H,11,12);7-8H,1-6H2. The lowest BCUT2D eigenvalue weighted by Gasteiger charge is -2.01. The number of aromatic carboxylic acids is 2. The van der Waals surface area contributed by atoms with E-state index in [1.165, 1.54) is 24.3 Å². The van der Waals surface area contributed by atoms with E-state index in [9.17, 15) is 9.59 Å². The van der Waals surface area contributed by atoms with E-state index in [2.05, 4.69) is 0 Å². The molecular weight excluding hydrogens is 296 g/mol. The molecule has 0 atom stereocenters. The summed E-state index contributed by atoms with van der Waals surface area (Å²) in [5.74, 6) is -2.13. The Bertz CT molecular complexity index is 388. The Balaban J connectivity index is 0.000000409. The molecule has 124 valence electrons. The first-order chi connectivity index (χ1) is 10.5. The van der Waals surface area contributed by atoms with Crippen LogP contribution in [-0.4, -0.2) is 72.0 Å². The van der Waals surface area contributed by atoms with Gasteiger partial charge in [-0.3, -0.25) is 0 Å². The fourth-order valence-electron chi connectivity index (χ4n) is 1.21. The van der Waals surface area contributed by atoms with Crippen molar-refractivity contribution >= 4 is 11.9 Å². The quantitative estimate of drug-likeness (QED) is 0.471. The Morgan fingerprint density at radius 2 is 1.05 bits per heavy atom. The van der Waals surface area contributed by atoms with Crippen LogP contribution in [0.25, 0.3) is 0 Å². The predicted octanol–water partition coefficient (Wildman–Crippen LogP) is 0.0872. The van der Waals surface area contributed by atoms with Crippen LogP contribution in [0, 0.1) is 0 Å². The van der Waals surface area contributed by atoms with Gasteiger partial charge in [-0.2, -0.15) is 0 Å². The van der Waals surface area contributed by atoms with Gasteiger partial charge in [0, 0.05) is 0 Å². The SMILES string of the molecule is O=C(O)c1ccc(C(=O)O)cc1.OCCOCCOCCO. The zero-order chi connectivity index (χ0) is 16.8. The number of rotatable bonds is 9. The van der Waals surface area contributed by atoms with Crippen LogP contribution in [0.5, 0.6) is 0 Å². The average molecular weight is 316 g/mol. The Hall–Kier alpha value is -2.00.